The largest absolute Gasteiger partial charge is 0.508 e. The number of nitrogens with zero attached hydrogens (tertiary/aromatic N) is 1. The number of hydrogen-bond donors (Lipinski definition) is 12. The highest BCUT2D eigenvalue weighted by Crippen LogP contribution is 2.31. The molecule has 17 heteroatoms. The Balaban J connectivity index is 2.02. The van der Waals surface area contributed by atoms with Gasteiger partial charge in [-0.2, -0.15) is 0 Å². The number of aromatic hydroxyl groups is 2. The molecule has 5 atom stereocenters. The van der Waals surface area contributed by atoms with Gasteiger partial charge in [0.25, 0.3) is 0 Å². The fourth-order valence-electron chi connectivity index (χ4n) is 5.99. The number of nitrogens with one attached hydrogen (secondary N) is 9. The summed E-state index contributed by atoms with van der Waals surface area (Å²) in [6.45, 7) is 1.05. The van der Waals surface area contributed by atoms with E-state index in [1.165, 1.54) is 12.1 Å². The number of carbonyl (C=O) groups excluding carboxylic acids is 4. The van der Waals surface area contributed by atoms with Gasteiger partial charge < -0.3 is 62.8 Å². The van der Waals surface area contributed by atoms with Gasteiger partial charge in [0.15, 0.2) is 5.96 Å². The molecule has 0 saturated carbocycles. The molecule has 0 aliphatic carbocycles. The number of rotatable bonds is 16. The molecule has 1 heterocycles. The zero-order chi connectivity index (χ0) is 39.8. The topological polar surface area (TPSA) is 252 Å². The van der Waals surface area contributed by atoms with Gasteiger partial charge in [0.2, 0.25) is 23.6 Å². The van der Waals surface area contributed by atoms with Crippen molar-refractivity contribution in [1.82, 2.24) is 47.4 Å². The van der Waals surface area contributed by atoms with E-state index < -0.39 is 53.9 Å². The number of hydrogen-bond acceptors (Lipinski definition) is 11. The van der Waals surface area contributed by atoms with E-state index in [9.17, 15) is 34.5 Å². The molecule has 1 unspecified atom stereocenters. The molecule has 54 heavy (non-hydrogen) atoms. The summed E-state index contributed by atoms with van der Waals surface area (Å²) in [6.07, 6.45) is 0.361. The van der Waals surface area contributed by atoms with E-state index >= 15 is 0 Å². The van der Waals surface area contributed by atoms with Crippen LogP contribution in [0.15, 0.2) is 36.4 Å². The van der Waals surface area contributed by atoms with Gasteiger partial charge in [-0.05, 0) is 99.9 Å². The number of benzene rings is 2. The highest BCUT2D eigenvalue weighted by atomic mass is 16.3. The molecule has 4 amide bonds. The normalized spacial score (nSPS) is 18.5. The molecule has 3 rings (SSSR count). The molecule has 0 fully saturated rings. The van der Waals surface area contributed by atoms with E-state index in [0.717, 1.165) is 0 Å². The first-order chi connectivity index (χ1) is 25.8. The van der Waals surface area contributed by atoms with Crippen LogP contribution in [0.3, 0.4) is 0 Å². The molecule has 298 valence electrons. The van der Waals surface area contributed by atoms with Crippen LogP contribution >= 0.6 is 0 Å². The molecule has 0 saturated heterocycles. The average Bonchev–Trinajstić information content (AvgIpc) is 3.14. The lowest BCUT2D eigenvalue weighted by Gasteiger charge is -2.27. The molecular formula is C37H58N10O7. The maximum atomic E-state index is 14.2. The predicted octanol–water partition coefficient (Wildman–Crippen LogP) is -1.53. The van der Waals surface area contributed by atoms with Gasteiger partial charge in [-0.15, -0.1) is 0 Å². The van der Waals surface area contributed by atoms with Gasteiger partial charge in [-0.25, -0.2) is 0 Å². The number of guanidine groups is 1. The van der Waals surface area contributed by atoms with Gasteiger partial charge in [-0.1, -0.05) is 12.1 Å². The summed E-state index contributed by atoms with van der Waals surface area (Å²) < 4.78 is 0. The van der Waals surface area contributed by atoms with Crippen LogP contribution in [0.2, 0.25) is 0 Å². The van der Waals surface area contributed by atoms with Crippen LogP contribution in [0.5, 0.6) is 11.5 Å². The molecule has 1 aliphatic heterocycles. The minimum Gasteiger partial charge on any atom is -0.508 e. The summed E-state index contributed by atoms with van der Waals surface area (Å²) in [5.41, 5.74) is 2.19. The highest BCUT2D eigenvalue weighted by molar-refractivity contribution is 5.95. The maximum Gasteiger partial charge on any atom is 0.243 e. The molecule has 17 nitrogen and oxygen atoms in total. The Hall–Kier alpha value is -4.97. The lowest BCUT2D eigenvalue weighted by molar-refractivity contribution is -0.134. The number of amides is 4. The Morgan fingerprint density at radius 2 is 1.52 bits per heavy atom. The lowest BCUT2D eigenvalue weighted by Crippen LogP contribution is -2.58. The summed E-state index contributed by atoms with van der Waals surface area (Å²) >= 11 is 0. The quantitative estimate of drug-likeness (QED) is 0.0530. The molecule has 2 aromatic rings. The third-order valence-corrected chi connectivity index (χ3v) is 9.18. The van der Waals surface area contributed by atoms with Gasteiger partial charge >= 0.3 is 0 Å². The molecule has 0 radical (unpaired) electrons. The minimum absolute atomic E-state index is 0.00274. The number of aliphatic hydroxyl groups is 1. The van der Waals surface area contributed by atoms with Gasteiger partial charge in [0.05, 0.1) is 12.1 Å². The Kier molecular flexibility index (Phi) is 17.4. The third kappa shape index (κ3) is 13.2. The number of aliphatic hydroxyl groups excluding tert-OH is 1. The summed E-state index contributed by atoms with van der Waals surface area (Å²) in [4.78, 5) is 56.9. The fraction of sp³-hybridized carbons (Fsp3) is 0.541. The van der Waals surface area contributed by atoms with Crippen molar-refractivity contribution < 1.29 is 34.5 Å². The Bertz CT molecular complexity index is 1590. The number of fused-ring (bicyclic) bond motifs is 5. The van der Waals surface area contributed by atoms with E-state index in [1.54, 1.807) is 64.4 Å². The van der Waals surface area contributed by atoms with Crippen molar-refractivity contribution in [2.45, 2.75) is 68.8 Å². The molecule has 1 aliphatic rings. The van der Waals surface area contributed by atoms with Crippen LogP contribution in [-0.2, 0) is 32.0 Å². The highest BCUT2D eigenvalue weighted by Gasteiger charge is 2.32. The van der Waals surface area contributed by atoms with E-state index in [2.05, 4.69) is 42.5 Å². The van der Waals surface area contributed by atoms with E-state index in [4.69, 9.17) is 5.41 Å². The first-order valence-corrected chi connectivity index (χ1v) is 18.2. The molecule has 12 N–H and O–H groups in total. The summed E-state index contributed by atoms with van der Waals surface area (Å²) in [6, 6.07) is 5.62. The van der Waals surface area contributed by atoms with E-state index in [0.29, 0.717) is 48.2 Å². The van der Waals surface area contributed by atoms with Crippen LogP contribution in [-0.4, -0.2) is 141 Å². The average molecular weight is 755 g/mol. The molecule has 0 spiro atoms. The van der Waals surface area contributed by atoms with Crippen molar-refractivity contribution in [1.29, 1.82) is 5.41 Å². The van der Waals surface area contributed by atoms with Crippen LogP contribution in [0.4, 0.5) is 0 Å². The van der Waals surface area contributed by atoms with Crippen molar-refractivity contribution >= 4 is 29.6 Å². The number of likely N-dealkylation sites (N-methyl/N-ethyl adjacent to an activating group) is 2. The van der Waals surface area contributed by atoms with Crippen molar-refractivity contribution in [2.75, 3.05) is 61.4 Å². The first kappa shape index (κ1) is 43.4. The van der Waals surface area contributed by atoms with Crippen molar-refractivity contribution in [3.63, 3.8) is 0 Å². The second-order valence-corrected chi connectivity index (χ2v) is 13.6. The second kappa shape index (κ2) is 21.7. The van der Waals surface area contributed by atoms with Gasteiger partial charge in [0, 0.05) is 46.6 Å². The second-order valence-electron chi connectivity index (χ2n) is 13.6. The van der Waals surface area contributed by atoms with Crippen LogP contribution in [0, 0.1) is 5.41 Å². The molecule has 2 aromatic carbocycles. The Morgan fingerprint density at radius 1 is 0.870 bits per heavy atom. The molecular weight excluding hydrogens is 696 g/mol. The summed E-state index contributed by atoms with van der Waals surface area (Å²) in [5.74, 6) is -2.31. The van der Waals surface area contributed by atoms with E-state index in [-0.39, 0.29) is 56.2 Å². The fourth-order valence-corrected chi connectivity index (χ4v) is 5.99. The van der Waals surface area contributed by atoms with Crippen molar-refractivity contribution in [2.24, 2.45) is 0 Å². The van der Waals surface area contributed by atoms with Crippen molar-refractivity contribution in [3.05, 3.63) is 47.5 Å². The van der Waals surface area contributed by atoms with Gasteiger partial charge in [0.1, 0.15) is 29.6 Å². The number of carbonyl (C=O) groups is 4. The van der Waals surface area contributed by atoms with Gasteiger partial charge in [-0.3, -0.25) is 24.6 Å². The molecule has 4 bridgehead atoms. The summed E-state index contributed by atoms with van der Waals surface area (Å²) in [7, 11) is 8.48. The molecule has 0 aromatic heterocycles. The van der Waals surface area contributed by atoms with Crippen molar-refractivity contribution in [3.8, 4) is 22.6 Å². The van der Waals surface area contributed by atoms with Crippen LogP contribution in [0.25, 0.3) is 11.1 Å². The number of phenols is 2. The maximum absolute atomic E-state index is 14.2. The van der Waals surface area contributed by atoms with Crippen LogP contribution < -0.4 is 42.5 Å². The standard InChI is InChI=1S/C37H58N10O7/c1-39-14-6-8-28-34(52)46-30(36(54)44-27(9-7-15-42-37(38)47(4)5)33(51)43-21-26(48)20-40-2)19-25-17-23(11-13-32(25)50)22-10-12-31(49)24(16-22)18-29(41-3)35(53)45-28/h10-13,16-17,26-30,39-41,48-50H,6-9,14-15,18-21H2,1-5H3,(H2,38,42)(H,43,51)(H,44,54)(H,45,53)(H,46,52)/t26?,27-,28-,29-,30-/m0/s1. The predicted molar refractivity (Wildman–Crippen MR) is 206 cm³/mol. The monoisotopic (exact) mass is 754 g/mol. The Labute approximate surface area is 316 Å². The number of phenolic OH excluding ortho intramolecular Hbond substituents is 2. The zero-order valence-corrected chi connectivity index (χ0v) is 31.8. The Morgan fingerprint density at radius 3 is 2.11 bits per heavy atom. The zero-order valence-electron chi connectivity index (χ0n) is 31.8. The minimum atomic E-state index is -1.30. The first-order valence-electron chi connectivity index (χ1n) is 18.2. The van der Waals surface area contributed by atoms with Crippen LogP contribution in [0.1, 0.15) is 36.8 Å². The lowest BCUT2D eigenvalue weighted by atomic mass is 9.95. The SMILES string of the molecule is CNCCC[C@@H]1NC(=O)[C@@H](NC)Cc2cc(ccc2O)-c2ccc(O)c(c2)C[C@@H](C(=O)N[C@@H](CCCNC(=N)N(C)C)C(=O)NCC(O)CNC)NC1=O. The third-order valence-electron chi connectivity index (χ3n) is 9.18. The summed E-state index contributed by atoms with van der Waals surface area (Å²) in [5, 5.41) is 62.8. The smallest absolute Gasteiger partial charge is 0.243 e. The van der Waals surface area contributed by atoms with E-state index in [1.807, 2.05) is 0 Å².